The molecule has 0 aliphatic carbocycles. The molecule has 4 heteroatoms. The summed E-state index contributed by atoms with van der Waals surface area (Å²) in [5.74, 6) is 0. The second kappa shape index (κ2) is 5.74. The number of rotatable bonds is 4. The normalized spacial score (nSPS) is 11.7. The lowest BCUT2D eigenvalue weighted by molar-refractivity contribution is 0.165. The van der Waals surface area contributed by atoms with E-state index in [2.05, 4.69) is 18.1 Å². The molecule has 0 saturated carbocycles. The molecule has 12 heavy (non-hydrogen) atoms. The maximum absolute atomic E-state index is 9.84. The lowest BCUT2D eigenvalue weighted by Crippen LogP contribution is -2.13. The average molecular weight is 185 g/mol. The van der Waals surface area contributed by atoms with Gasteiger partial charge in [0.15, 0.2) is 0 Å². The zero-order valence-corrected chi connectivity index (χ0v) is 9.15. The molecule has 0 bridgehead atoms. The Kier molecular flexibility index (Phi) is 5.33. The van der Waals surface area contributed by atoms with Gasteiger partial charge in [0.2, 0.25) is 6.08 Å². The molecule has 0 N–H and O–H groups in total. The monoisotopic (exact) mass is 185 g/mol. The number of nitrogens with zero attached hydrogens (tertiary/aromatic N) is 1. The van der Waals surface area contributed by atoms with Crippen LogP contribution in [0.25, 0.3) is 0 Å². The molecule has 0 spiro atoms. The summed E-state index contributed by atoms with van der Waals surface area (Å²) in [5.41, 5.74) is 0. The molecule has 0 aromatic rings. The van der Waals surface area contributed by atoms with Crippen LogP contribution in [-0.2, 0) is 9.53 Å². The van der Waals surface area contributed by atoms with Crippen LogP contribution < -0.4 is 0 Å². The zero-order chi connectivity index (χ0) is 9.56. The van der Waals surface area contributed by atoms with Crippen LogP contribution in [0.3, 0.4) is 0 Å². The van der Waals surface area contributed by atoms with Gasteiger partial charge in [-0.05, 0) is 13.8 Å². The molecule has 0 aliphatic heterocycles. The fourth-order valence-corrected chi connectivity index (χ4v) is 1.59. The molecule has 0 heterocycles. The Labute approximate surface area is 74.8 Å². The summed E-state index contributed by atoms with van der Waals surface area (Å²) in [4.78, 5) is 13.2. The molecule has 0 aromatic carbocycles. The Morgan fingerprint density at radius 2 is 2.17 bits per heavy atom. The zero-order valence-electron chi connectivity index (χ0n) is 8.00. The highest BCUT2D eigenvalue weighted by molar-refractivity contribution is 6.63. The first-order valence-corrected chi connectivity index (χ1v) is 6.90. The van der Waals surface area contributed by atoms with Crippen LogP contribution in [0.2, 0.25) is 13.1 Å². The van der Waals surface area contributed by atoms with Crippen molar-refractivity contribution in [3.8, 4) is 0 Å². The summed E-state index contributed by atoms with van der Waals surface area (Å²) in [6.07, 6.45) is 3.09. The average Bonchev–Trinajstić information content (AvgIpc) is 1.96. The van der Waals surface area contributed by atoms with Crippen molar-refractivity contribution in [2.24, 2.45) is 4.99 Å². The van der Waals surface area contributed by atoms with Gasteiger partial charge in [-0.2, -0.15) is 4.99 Å². The van der Waals surface area contributed by atoms with Gasteiger partial charge in [0.1, 0.15) is 8.80 Å². The number of carbonyl (C=O) groups excluding carboxylic acids is 1. The topological polar surface area (TPSA) is 38.7 Å². The van der Waals surface area contributed by atoms with Gasteiger partial charge < -0.3 is 4.74 Å². The molecule has 0 radical (unpaired) electrons. The van der Waals surface area contributed by atoms with Crippen molar-refractivity contribution in [3.05, 3.63) is 11.6 Å². The Morgan fingerprint density at radius 1 is 1.58 bits per heavy atom. The fraction of sp³-hybridized carbons (Fsp3) is 0.625. The van der Waals surface area contributed by atoms with E-state index in [1.54, 1.807) is 0 Å². The second-order valence-corrected chi connectivity index (χ2v) is 5.95. The maximum atomic E-state index is 9.84. The number of aliphatic imine (C=N–C) groups is 1. The summed E-state index contributed by atoms with van der Waals surface area (Å²) in [6, 6.07) is 0. The van der Waals surface area contributed by atoms with E-state index in [1.165, 1.54) is 12.3 Å². The van der Waals surface area contributed by atoms with Gasteiger partial charge in [-0.15, -0.1) is 0 Å². The summed E-state index contributed by atoms with van der Waals surface area (Å²) < 4.78 is 5.46. The summed E-state index contributed by atoms with van der Waals surface area (Å²) >= 11 is 0. The SMILES string of the molecule is CC(C)OC(=CN=C=O)[SiH](C)C. The van der Waals surface area contributed by atoms with Gasteiger partial charge in [-0.1, -0.05) is 13.1 Å². The highest BCUT2D eigenvalue weighted by atomic mass is 28.3. The summed E-state index contributed by atoms with van der Waals surface area (Å²) in [7, 11) is -1.01. The minimum Gasteiger partial charge on any atom is -0.499 e. The van der Waals surface area contributed by atoms with Gasteiger partial charge in [0.25, 0.3) is 0 Å². The molecule has 0 fully saturated rings. The van der Waals surface area contributed by atoms with E-state index >= 15 is 0 Å². The molecular formula is C8H15NO2Si. The van der Waals surface area contributed by atoms with Crippen LogP contribution in [0.4, 0.5) is 0 Å². The molecule has 0 rings (SSSR count). The number of isocyanates is 1. The summed E-state index contributed by atoms with van der Waals surface area (Å²) in [5, 5.41) is 0.855. The first kappa shape index (κ1) is 11.1. The fourth-order valence-electron chi connectivity index (χ4n) is 0.678. The van der Waals surface area contributed by atoms with Crippen molar-refractivity contribution >= 4 is 14.9 Å². The maximum Gasteiger partial charge on any atom is 0.239 e. The Balaban J connectivity index is 4.32. The molecule has 0 atom stereocenters. The Bertz CT molecular complexity index is 205. The largest absolute Gasteiger partial charge is 0.499 e. The standard InChI is InChI=1S/C8H15NO2Si/c1-7(2)11-8(12(3)4)5-9-6-10/h5,7,12H,1-4H3. The van der Waals surface area contributed by atoms with E-state index in [4.69, 9.17) is 4.74 Å². The Morgan fingerprint density at radius 3 is 2.50 bits per heavy atom. The van der Waals surface area contributed by atoms with E-state index in [1.807, 2.05) is 13.8 Å². The van der Waals surface area contributed by atoms with Crippen molar-refractivity contribution in [2.45, 2.75) is 33.0 Å². The lowest BCUT2D eigenvalue weighted by Gasteiger charge is -2.14. The third-order valence-corrected chi connectivity index (χ3v) is 2.61. The molecule has 0 aliphatic rings. The van der Waals surface area contributed by atoms with E-state index in [0.717, 1.165) is 5.38 Å². The van der Waals surface area contributed by atoms with Crippen LogP contribution in [0.5, 0.6) is 0 Å². The summed E-state index contributed by atoms with van der Waals surface area (Å²) in [6.45, 7) is 8.15. The molecular weight excluding hydrogens is 170 g/mol. The van der Waals surface area contributed by atoms with Gasteiger partial charge in [-0.3, -0.25) is 0 Å². The predicted octanol–water partition coefficient (Wildman–Crippen LogP) is 1.61. The first-order valence-electron chi connectivity index (χ1n) is 4.01. The van der Waals surface area contributed by atoms with E-state index in [9.17, 15) is 4.79 Å². The van der Waals surface area contributed by atoms with Crippen LogP contribution in [0, 0.1) is 0 Å². The van der Waals surface area contributed by atoms with Crippen molar-refractivity contribution < 1.29 is 9.53 Å². The number of hydrogen-bond acceptors (Lipinski definition) is 3. The second-order valence-electron chi connectivity index (χ2n) is 3.07. The van der Waals surface area contributed by atoms with Crippen molar-refractivity contribution in [2.75, 3.05) is 0 Å². The molecule has 0 amide bonds. The van der Waals surface area contributed by atoms with Crippen LogP contribution in [0.1, 0.15) is 13.8 Å². The minimum absolute atomic E-state index is 0.146. The van der Waals surface area contributed by atoms with Crippen LogP contribution in [-0.4, -0.2) is 21.0 Å². The van der Waals surface area contributed by atoms with E-state index in [-0.39, 0.29) is 6.10 Å². The van der Waals surface area contributed by atoms with Gasteiger partial charge in [-0.25, -0.2) is 4.79 Å². The third-order valence-electron chi connectivity index (χ3n) is 1.19. The molecule has 3 nitrogen and oxygen atoms in total. The molecule has 68 valence electrons. The number of ether oxygens (including phenoxy) is 1. The molecule has 0 saturated heterocycles. The molecule has 0 aromatic heterocycles. The van der Waals surface area contributed by atoms with Crippen molar-refractivity contribution in [3.63, 3.8) is 0 Å². The third kappa shape index (κ3) is 4.88. The van der Waals surface area contributed by atoms with Crippen molar-refractivity contribution in [1.82, 2.24) is 0 Å². The smallest absolute Gasteiger partial charge is 0.239 e. The minimum atomic E-state index is -1.01. The quantitative estimate of drug-likeness (QED) is 0.289. The van der Waals surface area contributed by atoms with Gasteiger partial charge >= 0.3 is 0 Å². The number of hydrogen-bond donors (Lipinski definition) is 0. The highest BCUT2D eigenvalue weighted by Gasteiger charge is 2.07. The predicted molar refractivity (Wildman–Crippen MR) is 51.3 cm³/mol. The highest BCUT2D eigenvalue weighted by Crippen LogP contribution is 2.06. The van der Waals surface area contributed by atoms with Gasteiger partial charge in [0.05, 0.1) is 17.7 Å². The first-order chi connectivity index (χ1) is 5.57. The van der Waals surface area contributed by atoms with Crippen molar-refractivity contribution in [1.29, 1.82) is 0 Å². The van der Waals surface area contributed by atoms with Crippen LogP contribution in [0.15, 0.2) is 16.6 Å². The van der Waals surface area contributed by atoms with E-state index in [0.29, 0.717) is 0 Å². The molecule has 0 unspecified atom stereocenters. The lowest BCUT2D eigenvalue weighted by atomic mass is 10.5. The van der Waals surface area contributed by atoms with Gasteiger partial charge in [0, 0.05) is 0 Å². The Hall–Kier alpha value is -0.863. The van der Waals surface area contributed by atoms with E-state index < -0.39 is 8.80 Å². The van der Waals surface area contributed by atoms with Crippen LogP contribution >= 0.6 is 0 Å².